The van der Waals surface area contributed by atoms with Gasteiger partial charge in [0.25, 0.3) is 0 Å². The van der Waals surface area contributed by atoms with Crippen LogP contribution in [-0.2, 0) is 22.3 Å². The number of ether oxygens (including phenoxy) is 1. The van der Waals surface area contributed by atoms with Crippen molar-refractivity contribution in [1.82, 2.24) is 0 Å². The van der Waals surface area contributed by atoms with Crippen molar-refractivity contribution >= 4 is 29.3 Å². The van der Waals surface area contributed by atoms with E-state index in [1.165, 1.54) is 0 Å². The number of rotatable bonds is 5. The van der Waals surface area contributed by atoms with Gasteiger partial charge in [-0.05, 0) is 23.8 Å². The summed E-state index contributed by atoms with van der Waals surface area (Å²) in [6, 6.07) is 11.6. The van der Waals surface area contributed by atoms with E-state index in [1.54, 1.807) is 50.1 Å². The first-order chi connectivity index (χ1) is 13.1. The minimum atomic E-state index is -4.64. The van der Waals surface area contributed by atoms with Crippen molar-refractivity contribution in [1.29, 1.82) is 0 Å². The number of benzene rings is 2. The van der Waals surface area contributed by atoms with Crippen LogP contribution < -0.4 is 4.90 Å². The second kappa shape index (κ2) is 8.95. The molecule has 8 heteroatoms. The van der Waals surface area contributed by atoms with E-state index in [4.69, 9.17) is 16.3 Å². The Morgan fingerprint density at radius 2 is 1.82 bits per heavy atom. The lowest BCUT2D eigenvalue weighted by atomic mass is 10.1. The first-order valence-corrected chi connectivity index (χ1v) is 8.65. The number of anilines is 1. The molecule has 0 N–H and O–H groups in total. The van der Waals surface area contributed by atoms with Gasteiger partial charge >= 0.3 is 12.3 Å². The van der Waals surface area contributed by atoms with Crippen LogP contribution in [0, 0.1) is 5.92 Å². The second-order valence-corrected chi connectivity index (χ2v) is 6.59. The fourth-order valence-corrected chi connectivity index (χ4v) is 2.70. The van der Waals surface area contributed by atoms with Gasteiger partial charge in [0.05, 0.1) is 16.3 Å². The summed E-state index contributed by atoms with van der Waals surface area (Å²) in [7, 11) is 0. The molecule has 0 atom stereocenters. The Labute approximate surface area is 165 Å². The van der Waals surface area contributed by atoms with E-state index in [1.807, 2.05) is 0 Å². The number of alkyl halides is 3. The third-order valence-electron chi connectivity index (χ3n) is 3.80. The van der Waals surface area contributed by atoms with Gasteiger partial charge in [0.2, 0.25) is 0 Å². The maximum atomic E-state index is 12.9. The van der Waals surface area contributed by atoms with E-state index in [2.05, 4.69) is 0 Å². The van der Waals surface area contributed by atoms with Crippen LogP contribution in [0.1, 0.15) is 25.0 Å². The lowest BCUT2D eigenvalue weighted by Gasteiger charge is -2.25. The third-order valence-corrected chi connectivity index (χ3v) is 4.11. The number of hydrogen-bond acceptors (Lipinski definition) is 3. The summed E-state index contributed by atoms with van der Waals surface area (Å²) in [5, 5.41) is -0.597. The number of allylic oxidation sites excluding steroid dienone is 1. The van der Waals surface area contributed by atoms with Crippen LogP contribution in [0.25, 0.3) is 0 Å². The van der Waals surface area contributed by atoms with Crippen molar-refractivity contribution in [2.45, 2.75) is 26.6 Å². The van der Waals surface area contributed by atoms with Gasteiger partial charge in [-0.25, -0.2) is 14.5 Å². The van der Waals surface area contributed by atoms with Crippen LogP contribution >= 0.6 is 11.6 Å². The van der Waals surface area contributed by atoms with Gasteiger partial charge in [0.1, 0.15) is 18.2 Å². The summed E-state index contributed by atoms with van der Waals surface area (Å²) < 4.78 is 44.1. The molecule has 4 nitrogen and oxygen atoms in total. The third kappa shape index (κ3) is 5.15. The van der Waals surface area contributed by atoms with Crippen LogP contribution in [0.4, 0.5) is 23.7 Å². The number of nitrogens with zero attached hydrogens (tertiary/aromatic N) is 1. The highest BCUT2D eigenvalue weighted by Gasteiger charge is 2.34. The largest absolute Gasteiger partial charge is 0.444 e. The monoisotopic (exact) mass is 411 g/mol. The standard InChI is InChI=1S/C20H17ClF3NO3/c1-13(2)18(11-26)25(19(27)28-12-14-6-4-3-5-7-14)15-8-9-16(17(21)10-15)20(22,23)24/h3-10,13H,12H2,1-2H3. The molecule has 0 heterocycles. The molecule has 28 heavy (non-hydrogen) atoms. The average Bonchev–Trinajstić information content (AvgIpc) is 2.63. The van der Waals surface area contributed by atoms with E-state index >= 15 is 0 Å². The quantitative estimate of drug-likeness (QED) is 0.578. The van der Waals surface area contributed by atoms with E-state index in [0.29, 0.717) is 5.56 Å². The molecule has 0 unspecified atom stereocenters. The maximum Gasteiger partial charge on any atom is 0.419 e. The Hall–Kier alpha value is -2.76. The zero-order valence-electron chi connectivity index (χ0n) is 15.1. The molecule has 0 aliphatic carbocycles. The van der Waals surface area contributed by atoms with Crippen molar-refractivity contribution < 1.29 is 27.5 Å². The SMILES string of the molecule is CC(C)C(=C=O)N(C(=O)OCc1ccccc1)c1ccc(C(F)(F)F)c(Cl)c1. The summed E-state index contributed by atoms with van der Waals surface area (Å²) in [5.41, 5.74) is -0.448. The molecule has 0 bridgehead atoms. The molecule has 0 fully saturated rings. The van der Waals surface area contributed by atoms with Crippen LogP contribution in [-0.4, -0.2) is 12.0 Å². The highest BCUT2D eigenvalue weighted by Crippen LogP contribution is 2.37. The molecule has 1 amide bonds. The number of amides is 1. The molecule has 0 saturated carbocycles. The predicted molar refractivity (Wildman–Crippen MR) is 99.6 cm³/mol. The average molecular weight is 412 g/mol. The number of hydrogen-bond donors (Lipinski definition) is 0. The Kier molecular flexibility index (Phi) is 6.89. The normalized spacial score (nSPS) is 11.1. The van der Waals surface area contributed by atoms with Crippen molar-refractivity contribution in [3.05, 3.63) is 70.4 Å². The summed E-state index contributed by atoms with van der Waals surface area (Å²) in [5.74, 6) is 1.23. The zero-order valence-corrected chi connectivity index (χ0v) is 15.8. The first-order valence-electron chi connectivity index (χ1n) is 8.27. The highest BCUT2D eigenvalue weighted by molar-refractivity contribution is 6.31. The number of halogens is 4. The van der Waals surface area contributed by atoms with Gasteiger partial charge in [-0.1, -0.05) is 55.8 Å². The molecule has 0 saturated heterocycles. The summed E-state index contributed by atoms with van der Waals surface area (Å²) in [6.45, 7) is 3.21. The minimum Gasteiger partial charge on any atom is -0.444 e. The lowest BCUT2D eigenvalue weighted by Crippen LogP contribution is -2.33. The lowest BCUT2D eigenvalue weighted by molar-refractivity contribution is -0.137. The predicted octanol–water partition coefficient (Wildman–Crippen LogP) is 5.87. The van der Waals surface area contributed by atoms with E-state index in [9.17, 15) is 22.8 Å². The van der Waals surface area contributed by atoms with Gasteiger partial charge in [0.15, 0.2) is 0 Å². The van der Waals surface area contributed by atoms with Crippen molar-refractivity contribution in [2.24, 2.45) is 5.92 Å². The zero-order chi connectivity index (χ0) is 20.9. The molecular formula is C20H17ClF3NO3. The van der Waals surface area contributed by atoms with Crippen molar-refractivity contribution in [3.63, 3.8) is 0 Å². The van der Waals surface area contributed by atoms with Gasteiger partial charge in [-0.15, -0.1) is 0 Å². The molecule has 0 radical (unpaired) electrons. The molecule has 148 valence electrons. The fraction of sp³-hybridized carbons (Fsp3) is 0.250. The van der Waals surface area contributed by atoms with Crippen LogP contribution in [0.3, 0.4) is 0 Å². The molecule has 2 aromatic carbocycles. The van der Waals surface area contributed by atoms with Gasteiger partial charge < -0.3 is 4.74 Å². The number of carbonyl (C=O) groups excluding carboxylic acids is 2. The smallest absolute Gasteiger partial charge is 0.419 e. The molecule has 2 aromatic rings. The minimum absolute atomic E-state index is 0.0249. The number of carbonyl (C=O) groups is 1. The molecular weight excluding hydrogens is 395 g/mol. The second-order valence-electron chi connectivity index (χ2n) is 6.18. The Bertz CT molecular complexity index is 891. The Balaban J connectivity index is 2.38. The summed E-state index contributed by atoms with van der Waals surface area (Å²) in [6.07, 6.45) is -5.57. The van der Waals surface area contributed by atoms with Crippen LogP contribution in [0.15, 0.2) is 54.2 Å². The first kappa shape index (κ1) is 21.5. The molecule has 0 aromatic heterocycles. The van der Waals surface area contributed by atoms with Gasteiger partial charge in [0, 0.05) is 5.92 Å². The van der Waals surface area contributed by atoms with Crippen LogP contribution in [0.5, 0.6) is 0 Å². The molecule has 0 aliphatic heterocycles. The van der Waals surface area contributed by atoms with E-state index < -0.39 is 28.8 Å². The van der Waals surface area contributed by atoms with E-state index in [0.717, 1.165) is 23.1 Å². The maximum absolute atomic E-state index is 12.9. The van der Waals surface area contributed by atoms with Gasteiger partial charge in [-0.3, -0.25) is 0 Å². The van der Waals surface area contributed by atoms with E-state index in [-0.39, 0.29) is 18.0 Å². The van der Waals surface area contributed by atoms with Crippen molar-refractivity contribution in [3.8, 4) is 0 Å². The molecule has 0 spiro atoms. The Morgan fingerprint density at radius 3 is 2.32 bits per heavy atom. The highest BCUT2D eigenvalue weighted by atomic mass is 35.5. The van der Waals surface area contributed by atoms with Crippen LogP contribution in [0.2, 0.25) is 5.02 Å². The molecule has 0 aliphatic rings. The van der Waals surface area contributed by atoms with Crippen molar-refractivity contribution in [2.75, 3.05) is 4.90 Å². The topological polar surface area (TPSA) is 46.6 Å². The Morgan fingerprint density at radius 1 is 1.18 bits per heavy atom. The summed E-state index contributed by atoms with van der Waals surface area (Å²) in [4.78, 5) is 25.0. The summed E-state index contributed by atoms with van der Waals surface area (Å²) >= 11 is 5.76. The molecule has 2 rings (SSSR count). The fourth-order valence-electron chi connectivity index (χ4n) is 2.42. The van der Waals surface area contributed by atoms with Gasteiger partial charge in [-0.2, -0.15) is 13.2 Å².